The van der Waals surface area contributed by atoms with Crippen LogP contribution in [-0.4, -0.2) is 36.1 Å². The van der Waals surface area contributed by atoms with E-state index >= 15 is 0 Å². The summed E-state index contributed by atoms with van der Waals surface area (Å²) in [6.45, 7) is 6.67. The minimum absolute atomic E-state index is 0.416. The lowest BCUT2D eigenvalue weighted by Gasteiger charge is -2.31. The SMILES string of the molecule is CCC1CCN(CCCOc2cccc(C(N)=S)c2)CC1. The maximum Gasteiger partial charge on any atom is 0.119 e. The van der Waals surface area contributed by atoms with Crippen LogP contribution in [0.2, 0.25) is 0 Å². The van der Waals surface area contributed by atoms with Crippen LogP contribution in [0.15, 0.2) is 24.3 Å². The molecule has 0 atom stereocenters. The number of nitrogens with zero attached hydrogens (tertiary/aromatic N) is 1. The summed E-state index contributed by atoms with van der Waals surface area (Å²) in [5.74, 6) is 1.80. The predicted molar refractivity (Wildman–Crippen MR) is 91.9 cm³/mol. The number of likely N-dealkylation sites (tertiary alicyclic amines) is 1. The van der Waals surface area contributed by atoms with Gasteiger partial charge in [0, 0.05) is 12.1 Å². The molecule has 2 N–H and O–H groups in total. The van der Waals surface area contributed by atoms with E-state index < -0.39 is 0 Å². The Balaban J connectivity index is 1.66. The van der Waals surface area contributed by atoms with Crippen LogP contribution < -0.4 is 10.5 Å². The Morgan fingerprint density at radius 1 is 1.38 bits per heavy atom. The smallest absolute Gasteiger partial charge is 0.119 e. The van der Waals surface area contributed by atoms with Gasteiger partial charge in [-0.1, -0.05) is 37.7 Å². The van der Waals surface area contributed by atoms with Gasteiger partial charge in [0.15, 0.2) is 0 Å². The van der Waals surface area contributed by atoms with E-state index in [1.807, 2.05) is 24.3 Å². The maximum absolute atomic E-state index is 5.79. The van der Waals surface area contributed by atoms with Crippen LogP contribution in [0.3, 0.4) is 0 Å². The van der Waals surface area contributed by atoms with Gasteiger partial charge in [0.25, 0.3) is 0 Å². The van der Waals surface area contributed by atoms with Gasteiger partial charge in [0.2, 0.25) is 0 Å². The zero-order valence-electron chi connectivity index (χ0n) is 12.9. The Morgan fingerprint density at radius 3 is 2.81 bits per heavy atom. The van der Waals surface area contributed by atoms with Crippen molar-refractivity contribution in [2.75, 3.05) is 26.2 Å². The molecule has 4 heteroatoms. The van der Waals surface area contributed by atoms with Crippen LogP contribution in [0.5, 0.6) is 5.75 Å². The second-order valence-corrected chi connectivity index (χ2v) is 6.23. The molecule has 3 nitrogen and oxygen atoms in total. The standard InChI is InChI=1S/C17H26N2OS/c1-2-14-7-10-19(11-8-14)9-4-12-20-16-6-3-5-15(13-16)17(18)21/h3,5-6,13-14H,2,4,7-12H2,1H3,(H2,18,21). The molecule has 1 aromatic carbocycles. The number of thiocarbonyl (C=S) groups is 1. The van der Waals surface area contributed by atoms with E-state index in [0.717, 1.165) is 36.8 Å². The van der Waals surface area contributed by atoms with Crippen LogP contribution in [0.25, 0.3) is 0 Å². The lowest BCUT2D eigenvalue weighted by molar-refractivity contribution is 0.169. The van der Waals surface area contributed by atoms with E-state index in [9.17, 15) is 0 Å². The number of ether oxygens (including phenoxy) is 1. The first-order valence-corrected chi connectivity index (χ1v) is 8.35. The lowest BCUT2D eigenvalue weighted by atomic mass is 9.94. The van der Waals surface area contributed by atoms with Gasteiger partial charge in [-0.3, -0.25) is 0 Å². The predicted octanol–water partition coefficient (Wildman–Crippen LogP) is 3.21. The molecule has 1 fully saturated rings. The van der Waals surface area contributed by atoms with Gasteiger partial charge in [-0.2, -0.15) is 0 Å². The molecule has 21 heavy (non-hydrogen) atoms. The second-order valence-electron chi connectivity index (χ2n) is 5.79. The van der Waals surface area contributed by atoms with Gasteiger partial charge in [-0.15, -0.1) is 0 Å². The third-order valence-electron chi connectivity index (χ3n) is 4.29. The third-order valence-corrected chi connectivity index (χ3v) is 4.53. The highest BCUT2D eigenvalue weighted by molar-refractivity contribution is 7.80. The third kappa shape index (κ3) is 5.29. The molecular formula is C17H26N2OS. The first-order chi connectivity index (χ1) is 10.2. The first kappa shape index (κ1) is 16.2. The van der Waals surface area contributed by atoms with Crippen molar-refractivity contribution in [3.8, 4) is 5.75 Å². The van der Waals surface area contributed by atoms with Crippen molar-refractivity contribution in [3.05, 3.63) is 29.8 Å². The minimum Gasteiger partial charge on any atom is -0.494 e. The van der Waals surface area contributed by atoms with Crippen molar-refractivity contribution in [1.82, 2.24) is 4.90 Å². The number of benzene rings is 1. The molecule has 1 aliphatic heterocycles. The summed E-state index contributed by atoms with van der Waals surface area (Å²) in [6, 6.07) is 7.70. The molecule has 0 amide bonds. The van der Waals surface area contributed by atoms with Gasteiger partial charge >= 0.3 is 0 Å². The van der Waals surface area contributed by atoms with Crippen LogP contribution in [0, 0.1) is 5.92 Å². The number of nitrogens with two attached hydrogens (primary N) is 1. The fourth-order valence-electron chi connectivity index (χ4n) is 2.84. The monoisotopic (exact) mass is 306 g/mol. The van der Waals surface area contributed by atoms with Crippen molar-refractivity contribution in [3.63, 3.8) is 0 Å². The molecule has 0 aromatic heterocycles. The summed E-state index contributed by atoms with van der Waals surface area (Å²) in [6.07, 6.45) is 5.10. The summed E-state index contributed by atoms with van der Waals surface area (Å²) in [4.78, 5) is 2.97. The van der Waals surface area contributed by atoms with Crippen molar-refractivity contribution in [2.45, 2.75) is 32.6 Å². The average Bonchev–Trinajstić information content (AvgIpc) is 2.52. The molecule has 0 bridgehead atoms. The van der Waals surface area contributed by atoms with Crippen molar-refractivity contribution >= 4 is 17.2 Å². The number of hydrogen-bond donors (Lipinski definition) is 1. The molecule has 0 saturated carbocycles. The molecule has 1 saturated heterocycles. The first-order valence-electron chi connectivity index (χ1n) is 7.94. The van der Waals surface area contributed by atoms with Gasteiger partial charge < -0.3 is 15.4 Å². The number of hydrogen-bond acceptors (Lipinski definition) is 3. The highest BCUT2D eigenvalue weighted by Gasteiger charge is 2.16. The molecule has 0 aliphatic carbocycles. The summed E-state index contributed by atoms with van der Waals surface area (Å²) in [7, 11) is 0. The highest BCUT2D eigenvalue weighted by atomic mass is 32.1. The second kappa shape index (κ2) is 8.35. The lowest BCUT2D eigenvalue weighted by Crippen LogP contribution is -2.34. The van der Waals surface area contributed by atoms with Gasteiger partial charge in [-0.25, -0.2) is 0 Å². The normalized spacial score (nSPS) is 16.8. The summed E-state index contributed by atoms with van der Waals surface area (Å²) in [5, 5.41) is 0. The van der Waals surface area contributed by atoms with E-state index in [2.05, 4.69) is 11.8 Å². The molecule has 0 spiro atoms. The van der Waals surface area contributed by atoms with Crippen molar-refractivity contribution in [1.29, 1.82) is 0 Å². The molecular weight excluding hydrogens is 280 g/mol. The van der Waals surface area contributed by atoms with E-state index in [0.29, 0.717) is 4.99 Å². The zero-order valence-corrected chi connectivity index (χ0v) is 13.7. The van der Waals surface area contributed by atoms with E-state index in [1.54, 1.807) is 0 Å². The quantitative estimate of drug-likeness (QED) is 0.620. The number of rotatable bonds is 7. The molecule has 0 unspecified atom stereocenters. The highest BCUT2D eigenvalue weighted by Crippen LogP contribution is 2.20. The Kier molecular flexibility index (Phi) is 6.46. The van der Waals surface area contributed by atoms with Gasteiger partial charge in [0.1, 0.15) is 10.7 Å². The number of piperidine rings is 1. The molecule has 2 rings (SSSR count). The maximum atomic E-state index is 5.79. The largest absolute Gasteiger partial charge is 0.494 e. The molecule has 116 valence electrons. The van der Waals surface area contributed by atoms with Crippen molar-refractivity contribution < 1.29 is 4.74 Å². The Labute approximate surface area is 133 Å². The summed E-state index contributed by atoms with van der Waals surface area (Å²) >= 11 is 4.98. The van der Waals surface area contributed by atoms with Crippen LogP contribution in [-0.2, 0) is 0 Å². The topological polar surface area (TPSA) is 38.5 Å². The molecule has 1 aliphatic rings. The Morgan fingerprint density at radius 2 is 2.14 bits per heavy atom. The van der Waals surface area contributed by atoms with Crippen LogP contribution in [0.1, 0.15) is 38.2 Å². The van der Waals surface area contributed by atoms with E-state index in [4.69, 9.17) is 22.7 Å². The molecule has 1 heterocycles. The average molecular weight is 306 g/mol. The fraction of sp³-hybridized carbons (Fsp3) is 0.588. The summed E-state index contributed by atoms with van der Waals surface area (Å²) in [5.41, 5.74) is 6.49. The Bertz CT molecular complexity index is 456. The van der Waals surface area contributed by atoms with Crippen LogP contribution >= 0.6 is 12.2 Å². The van der Waals surface area contributed by atoms with Gasteiger partial charge in [0.05, 0.1) is 6.61 Å². The Hall–Kier alpha value is -1.13. The fourth-order valence-corrected chi connectivity index (χ4v) is 2.96. The van der Waals surface area contributed by atoms with E-state index in [1.165, 1.54) is 32.4 Å². The van der Waals surface area contributed by atoms with Crippen LogP contribution in [0.4, 0.5) is 0 Å². The van der Waals surface area contributed by atoms with Gasteiger partial charge in [-0.05, 0) is 50.4 Å². The van der Waals surface area contributed by atoms with Crippen molar-refractivity contribution in [2.24, 2.45) is 11.7 Å². The molecule has 0 radical (unpaired) electrons. The summed E-state index contributed by atoms with van der Waals surface area (Å²) < 4.78 is 5.79. The minimum atomic E-state index is 0.416. The molecule has 1 aromatic rings. The van der Waals surface area contributed by atoms with E-state index in [-0.39, 0.29) is 0 Å². The zero-order chi connectivity index (χ0) is 15.1.